The van der Waals surface area contributed by atoms with Gasteiger partial charge in [-0.25, -0.2) is 8.42 Å². The number of amides is 1. The summed E-state index contributed by atoms with van der Waals surface area (Å²) in [7, 11) is -2.51. The largest absolute Gasteiger partial charge is 0.497 e. The van der Waals surface area contributed by atoms with Gasteiger partial charge in [-0.1, -0.05) is 50.2 Å². The summed E-state index contributed by atoms with van der Waals surface area (Å²) in [6, 6.07) is 18.5. The average Bonchev–Trinajstić information content (AvgIpc) is 2.92. The van der Waals surface area contributed by atoms with Gasteiger partial charge in [-0.15, -0.1) is 0 Å². The van der Waals surface area contributed by atoms with E-state index in [2.05, 4.69) is 5.32 Å². The molecule has 0 aliphatic rings. The molecule has 0 radical (unpaired) electrons. The third-order valence-electron chi connectivity index (χ3n) is 6.48. The number of nitrogens with one attached hydrogen (secondary N) is 1. The molecule has 0 saturated heterocycles. The van der Waals surface area contributed by atoms with E-state index in [4.69, 9.17) is 4.74 Å². The summed E-state index contributed by atoms with van der Waals surface area (Å²) in [4.78, 5) is 24.2. The van der Waals surface area contributed by atoms with Gasteiger partial charge >= 0.3 is 0 Å². The number of aliphatic hydroxyl groups is 1. The lowest BCUT2D eigenvalue weighted by Gasteiger charge is -2.31. The number of nitrogens with zero attached hydrogens (tertiary/aromatic N) is 2. The zero-order valence-electron chi connectivity index (χ0n) is 23.0. The van der Waals surface area contributed by atoms with Crippen molar-refractivity contribution in [2.45, 2.75) is 44.2 Å². The summed E-state index contributed by atoms with van der Waals surface area (Å²) in [5.41, 5.74) is 0.920. The van der Waals surface area contributed by atoms with Crippen LogP contribution in [0.5, 0.6) is 5.75 Å². The highest BCUT2D eigenvalue weighted by atomic mass is 32.2. The van der Waals surface area contributed by atoms with Crippen molar-refractivity contribution in [2.75, 3.05) is 20.2 Å². The molecular weight excluding hydrogens is 534 g/mol. The summed E-state index contributed by atoms with van der Waals surface area (Å²) in [6.07, 6.45) is -1.09. The second kappa shape index (κ2) is 13.5. The molecule has 10 nitrogen and oxygen atoms in total. The topological polar surface area (TPSA) is 139 Å². The number of hydrogen-bond donors (Lipinski definition) is 2. The van der Waals surface area contributed by atoms with Crippen molar-refractivity contribution in [3.8, 4) is 5.75 Å². The molecule has 11 heteroatoms. The van der Waals surface area contributed by atoms with Gasteiger partial charge in [0.15, 0.2) is 0 Å². The van der Waals surface area contributed by atoms with Gasteiger partial charge in [-0.05, 0) is 55.2 Å². The lowest BCUT2D eigenvalue weighted by atomic mass is 9.99. The molecule has 0 saturated carbocycles. The lowest BCUT2D eigenvalue weighted by molar-refractivity contribution is -0.385. The van der Waals surface area contributed by atoms with Crippen molar-refractivity contribution in [1.29, 1.82) is 0 Å². The second-order valence-electron chi connectivity index (χ2n) is 9.94. The maximum absolute atomic E-state index is 13.6. The number of ether oxygens (including phenoxy) is 1. The molecule has 0 bridgehead atoms. The molecule has 40 heavy (non-hydrogen) atoms. The molecule has 3 rings (SSSR count). The van der Waals surface area contributed by atoms with E-state index in [0.717, 1.165) is 5.56 Å². The Morgan fingerprint density at radius 2 is 1.68 bits per heavy atom. The molecule has 0 heterocycles. The summed E-state index contributed by atoms with van der Waals surface area (Å²) >= 11 is 0. The predicted molar refractivity (Wildman–Crippen MR) is 152 cm³/mol. The van der Waals surface area contributed by atoms with Crippen LogP contribution in [-0.4, -0.2) is 61.0 Å². The fraction of sp³-hybridized carbons (Fsp3) is 0.345. The van der Waals surface area contributed by atoms with Gasteiger partial charge in [-0.3, -0.25) is 14.9 Å². The Bertz CT molecular complexity index is 1410. The molecule has 0 aliphatic heterocycles. The molecule has 3 aromatic carbocycles. The minimum absolute atomic E-state index is 0.0464. The minimum atomic E-state index is -3.99. The number of methoxy groups -OCH3 is 1. The van der Waals surface area contributed by atoms with Crippen LogP contribution in [0.3, 0.4) is 0 Å². The first-order valence-electron chi connectivity index (χ1n) is 12.8. The van der Waals surface area contributed by atoms with Crippen LogP contribution >= 0.6 is 0 Å². The fourth-order valence-electron chi connectivity index (χ4n) is 4.38. The van der Waals surface area contributed by atoms with Gasteiger partial charge in [0.05, 0.1) is 29.1 Å². The standard InChI is InChI=1S/C29H35N3O7S/c1-20(2)18-31(40(37,38)24-15-13-23(39-4)14-16-24)19-28(33)26(17-22-9-6-5-7-10-22)30-29(34)25-11-8-12-27(21(25)3)32(35)36/h5-16,20,26,28,33H,17-19H2,1-4H3,(H,30,34)/t26-,28?/m0/s1. The number of carbonyl (C=O) groups excluding carboxylic acids is 1. The van der Waals surface area contributed by atoms with Crippen molar-refractivity contribution in [1.82, 2.24) is 9.62 Å². The first-order valence-corrected chi connectivity index (χ1v) is 14.3. The van der Waals surface area contributed by atoms with Gasteiger partial charge in [-0.2, -0.15) is 4.31 Å². The second-order valence-corrected chi connectivity index (χ2v) is 11.9. The fourth-order valence-corrected chi connectivity index (χ4v) is 6.00. The van der Waals surface area contributed by atoms with Crippen LogP contribution in [0, 0.1) is 23.0 Å². The van der Waals surface area contributed by atoms with Gasteiger partial charge < -0.3 is 15.2 Å². The summed E-state index contributed by atoms with van der Waals surface area (Å²) in [5.74, 6) is -0.138. The van der Waals surface area contributed by atoms with Crippen LogP contribution in [0.15, 0.2) is 77.7 Å². The molecule has 0 aliphatic carbocycles. The Balaban J connectivity index is 1.93. The van der Waals surface area contributed by atoms with Crippen molar-refractivity contribution < 1.29 is 28.0 Å². The molecule has 0 spiro atoms. The maximum atomic E-state index is 13.6. The number of rotatable bonds is 13. The molecule has 0 fully saturated rings. The zero-order valence-corrected chi connectivity index (χ0v) is 23.8. The molecule has 2 atom stereocenters. The van der Waals surface area contributed by atoms with E-state index >= 15 is 0 Å². The number of carbonyl (C=O) groups is 1. The van der Waals surface area contributed by atoms with Crippen LogP contribution in [0.1, 0.15) is 35.3 Å². The SMILES string of the molecule is COc1ccc(S(=O)(=O)N(CC(C)C)CC(O)[C@H](Cc2ccccc2)NC(=O)c2cccc([N+](=O)[O-])c2C)cc1. The van der Waals surface area contributed by atoms with Crippen LogP contribution in [0.2, 0.25) is 0 Å². The lowest BCUT2D eigenvalue weighted by Crippen LogP contribution is -2.51. The molecular formula is C29H35N3O7S. The summed E-state index contributed by atoms with van der Waals surface area (Å²) in [6.45, 7) is 5.09. The minimum Gasteiger partial charge on any atom is -0.497 e. The molecule has 214 valence electrons. The van der Waals surface area contributed by atoms with E-state index in [1.165, 1.54) is 48.7 Å². The van der Waals surface area contributed by atoms with E-state index in [0.29, 0.717) is 5.75 Å². The van der Waals surface area contributed by atoms with Crippen molar-refractivity contribution >= 4 is 21.6 Å². The molecule has 1 unspecified atom stereocenters. The number of nitro groups is 1. The highest BCUT2D eigenvalue weighted by Crippen LogP contribution is 2.23. The van der Waals surface area contributed by atoms with E-state index in [-0.39, 0.29) is 47.1 Å². The molecule has 3 aromatic rings. The van der Waals surface area contributed by atoms with Gasteiger partial charge in [0.25, 0.3) is 11.6 Å². The highest BCUT2D eigenvalue weighted by molar-refractivity contribution is 7.89. The Labute approximate surface area is 234 Å². The average molecular weight is 570 g/mol. The van der Waals surface area contributed by atoms with Crippen LogP contribution < -0.4 is 10.1 Å². The first kappa shape index (κ1) is 30.7. The van der Waals surface area contributed by atoms with Crippen LogP contribution in [0.25, 0.3) is 0 Å². The Morgan fingerprint density at radius 1 is 1.02 bits per heavy atom. The monoisotopic (exact) mass is 569 g/mol. The highest BCUT2D eigenvalue weighted by Gasteiger charge is 2.32. The van der Waals surface area contributed by atoms with Gasteiger partial charge in [0, 0.05) is 30.3 Å². The third-order valence-corrected chi connectivity index (χ3v) is 8.33. The Kier molecular flexibility index (Phi) is 10.4. The van der Waals surface area contributed by atoms with E-state index in [9.17, 15) is 28.4 Å². The first-order chi connectivity index (χ1) is 18.9. The van der Waals surface area contributed by atoms with Crippen molar-refractivity contribution in [3.63, 3.8) is 0 Å². The van der Waals surface area contributed by atoms with Gasteiger partial charge in [0.2, 0.25) is 10.0 Å². The summed E-state index contributed by atoms with van der Waals surface area (Å²) < 4.78 is 33.5. The van der Waals surface area contributed by atoms with Crippen molar-refractivity contribution in [2.24, 2.45) is 5.92 Å². The van der Waals surface area contributed by atoms with E-state index in [1.54, 1.807) is 12.1 Å². The Hall–Kier alpha value is -3.80. The normalized spacial score (nSPS) is 13.2. The zero-order chi connectivity index (χ0) is 29.4. The molecule has 2 N–H and O–H groups in total. The number of aliphatic hydroxyl groups excluding tert-OH is 1. The number of sulfonamides is 1. The van der Waals surface area contributed by atoms with Crippen molar-refractivity contribution in [3.05, 3.63) is 99.6 Å². The maximum Gasteiger partial charge on any atom is 0.273 e. The third kappa shape index (κ3) is 7.65. The van der Waals surface area contributed by atoms with Gasteiger partial charge in [0.1, 0.15) is 5.75 Å². The molecule has 1 amide bonds. The molecule has 0 aromatic heterocycles. The predicted octanol–water partition coefficient (Wildman–Crippen LogP) is 3.96. The van der Waals surface area contributed by atoms with Crippen LogP contribution in [0.4, 0.5) is 5.69 Å². The number of benzene rings is 3. The van der Waals surface area contributed by atoms with E-state index in [1.807, 2.05) is 44.2 Å². The number of hydrogen-bond acceptors (Lipinski definition) is 7. The number of nitro benzene ring substituents is 1. The quantitative estimate of drug-likeness (QED) is 0.235. The van der Waals surface area contributed by atoms with Crippen LogP contribution in [-0.2, 0) is 16.4 Å². The van der Waals surface area contributed by atoms with E-state index < -0.39 is 33.0 Å². The summed E-state index contributed by atoms with van der Waals surface area (Å²) in [5, 5.41) is 25.6. The Morgan fingerprint density at radius 3 is 2.25 bits per heavy atom. The smallest absolute Gasteiger partial charge is 0.273 e.